The van der Waals surface area contributed by atoms with Gasteiger partial charge in [0.15, 0.2) is 8.32 Å². The second kappa shape index (κ2) is 5.19. The van der Waals surface area contributed by atoms with Gasteiger partial charge in [-0.1, -0.05) is 26.0 Å². The van der Waals surface area contributed by atoms with Crippen molar-refractivity contribution in [2.75, 3.05) is 0 Å². The Morgan fingerprint density at radius 3 is 2.61 bits per heavy atom. The highest BCUT2D eigenvalue weighted by Crippen LogP contribution is 2.36. The van der Waals surface area contributed by atoms with Crippen LogP contribution in [0.2, 0.25) is 18.1 Å². The lowest BCUT2D eigenvalue weighted by Gasteiger charge is -2.35. The van der Waals surface area contributed by atoms with Crippen LogP contribution >= 0.6 is 0 Å². The Morgan fingerprint density at radius 2 is 2.11 bits per heavy atom. The average molecular weight is 271 g/mol. The highest BCUT2D eigenvalue weighted by Gasteiger charge is 2.37. The molecule has 102 valence electrons. The number of carboxylic acids is 1. The molecule has 0 atom stereocenters. The van der Waals surface area contributed by atoms with Crippen molar-refractivity contribution >= 4 is 14.3 Å². The van der Waals surface area contributed by atoms with Crippen LogP contribution in [-0.2, 0) is 22.4 Å². The topological polar surface area (TPSA) is 77.2 Å². The highest BCUT2D eigenvalue weighted by molar-refractivity contribution is 6.74. The molecule has 18 heavy (non-hydrogen) atoms. The summed E-state index contributed by atoms with van der Waals surface area (Å²) in [4.78, 5) is 10.5. The van der Waals surface area contributed by atoms with E-state index in [2.05, 4.69) is 44.2 Å². The van der Waals surface area contributed by atoms with Gasteiger partial charge in [-0.3, -0.25) is 4.79 Å². The van der Waals surface area contributed by atoms with Crippen LogP contribution in [-0.4, -0.2) is 34.4 Å². The van der Waals surface area contributed by atoms with Crippen LogP contribution in [0.4, 0.5) is 0 Å². The van der Waals surface area contributed by atoms with E-state index in [1.807, 2.05) is 0 Å². The maximum atomic E-state index is 10.5. The molecule has 0 spiro atoms. The minimum Gasteiger partial charge on any atom is -0.480 e. The fraction of sp³-hybridized carbons (Fsp3) is 0.727. The second-order valence-corrected chi connectivity index (χ2v) is 10.7. The lowest BCUT2D eigenvalue weighted by molar-refractivity contribution is -0.137. The first kappa shape index (κ1) is 14.8. The zero-order valence-corrected chi connectivity index (χ0v) is 12.6. The molecule has 1 N–H and O–H groups in total. The summed E-state index contributed by atoms with van der Waals surface area (Å²) in [5, 5.41) is 16.4. The number of hydrogen-bond acceptors (Lipinski definition) is 4. The summed E-state index contributed by atoms with van der Waals surface area (Å²) >= 11 is 0. The second-order valence-electron chi connectivity index (χ2n) is 5.85. The quantitative estimate of drug-likeness (QED) is 0.827. The van der Waals surface area contributed by atoms with Gasteiger partial charge in [0, 0.05) is 0 Å². The Hall–Kier alpha value is -1.21. The number of rotatable bonds is 5. The zero-order chi connectivity index (χ0) is 14.0. The lowest BCUT2D eigenvalue weighted by Crippen LogP contribution is -2.40. The molecule has 0 radical (unpaired) electrons. The number of aliphatic carboxylic acids is 1. The van der Waals surface area contributed by atoms with Gasteiger partial charge < -0.3 is 9.53 Å². The fourth-order valence-electron chi connectivity index (χ4n) is 1.09. The minimum atomic E-state index is -1.80. The molecular formula is C11H21N3O3Si. The molecule has 7 heteroatoms. The van der Waals surface area contributed by atoms with E-state index in [1.54, 1.807) is 6.20 Å². The maximum Gasteiger partial charge on any atom is 0.325 e. The minimum absolute atomic E-state index is 0.143. The SMILES string of the molecule is CC(C)(C)[Si](C)(C)OCc1cn(CC(=O)O)nn1. The summed E-state index contributed by atoms with van der Waals surface area (Å²) in [5.74, 6) is -0.934. The van der Waals surface area contributed by atoms with Gasteiger partial charge in [0.05, 0.1) is 12.8 Å². The third-order valence-electron chi connectivity index (χ3n) is 3.27. The van der Waals surface area contributed by atoms with Gasteiger partial charge in [-0.15, -0.1) is 5.10 Å². The molecule has 0 aliphatic carbocycles. The molecule has 0 aliphatic heterocycles. The predicted octanol–water partition coefficient (Wildman–Crippen LogP) is 1.88. The molecule has 1 rings (SSSR count). The van der Waals surface area contributed by atoms with Crippen molar-refractivity contribution in [3.05, 3.63) is 11.9 Å². The van der Waals surface area contributed by atoms with Crippen molar-refractivity contribution in [1.82, 2.24) is 15.0 Å². The first-order valence-electron chi connectivity index (χ1n) is 5.86. The number of nitrogens with zero attached hydrogens (tertiary/aromatic N) is 3. The standard InChI is InChI=1S/C11H21N3O3Si/c1-11(2,3)18(4,5)17-8-9-6-14(13-12-9)7-10(15)16/h6H,7-8H2,1-5H3,(H,15,16). The van der Waals surface area contributed by atoms with Crippen molar-refractivity contribution in [3.63, 3.8) is 0 Å². The molecule has 6 nitrogen and oxygen atoms in total. The molecule has 1 heterocycles. The average Bonchev–Trinajstić information content (AvgIpc) is 2.60. The number of carbonyl (C=O) groups is 1. The molecule has 1 aromatic heterocycles. The van der Waals surface area contributed by atoms with Crippen molar-refractivity contribution in [3.8, 4) is 0 Å². The lowest BCUT2D eigenvalue weighted by atomic mass is 10.2. The molecular weight excluding hydrogens is 250 g/mol. The Morgan fingerprint density at radius 1 is 1.50 bits per heavy atom. The van der Waals surface area contributed by atoms with Crippen LogP contribution in [0.3, 0.4) is 0 Å². The van der Waals surface area contributed by atoms with Crippen LogP contribution < -0.4 is 0 Å². The van der Waals surface area contributed by atoms with E-state index in [0.29, 0.717) is 12.3 Å². The Kier molecular flexibility index (Phi) is 4.28. The van der Waals surface area contributed by atoms with Gasteiger partial charge in [-0.2, -0.15) is 0 Å². The summed E-state index contributed by atoms with van der Waals surface area (Å²) in [6, 6.07) is 0. The Balaban J connectivity index is 2.59. The highest BCUT2D eigenvalue weighted by atomic mass is 28.4. The molecule has 0 amide bonds. The van der Waals surface area contributed by atoms with Gasteiger partial charge in [0.2, 0.25) is 0 Å². The Labute approximate surface area is 108 Å². The maximum absolute atomic E-state index is 10.5. The third kappa shape index (κ3) is 3.92. The zero-order valence-electron chi connectivity index (χ0n) is 11.6. The molecule has 0 fully saturated rings. The van der Waals surface area contributed by atoms with Crippen molar-refractivity contribution < 1.29 is 14.3 Å². The summed E-state index contributed by atoms with van der Waals surface area (Å²) < 4.78 is 7.27. The smallest absolute Gasteiger partial charge is 0.325 e. The third-order valence-corrected chi connectivity index (χ3v) is 7.75. The van der Waals surface area contributed by atoms with Crippen LogP contribution in [0.25, 0.3) is 0 Å². The number of hydrogen-bond donors (Lipinski definition) is 1. The van der Waals surface area contributed by atoms with E-state index in [9.17, 15) is 4.79 Å². The molecule has 0 bridgehead atoms. The van der Waals surface area contributed by atoms with Crippen molar-refractivity contribution in [2.45, 2.75) is 52.1 Å². The van der Waals surface area contributed by atoms with Gasteiger partial charge in [0.1, 0.15) is 12.2 Å². The molecule has 0 aliphatic rings. The van der Waals surface area contributed by atoms with Crippen molar-refractivity contribution in [1.29, 1.82) is 0 Å². The Bertz CT molecular complexity index is 423. The monoisotopic (exact) mass is 271 g/mol. The van der Waals surface area contributed by atoms with Gasteiger partial charge in [-0.25, -0.2) is 4.68 Å². The molecule has 1 aromatic rings. The largest absolute Gasteiger partial charge is 0.480 e. The van der Waals surface area contributed by atoms with E-state index in [-0.39, 0.29) is 11.6 Å². The van der Waals surface area contributed by atoms with Gasteiger partial charge >= 0.3 is 5.97 Å². The number of carboxylic acid groups (broad SMARTS) is 1. The van der Waals surface area contributed by atoms with E-state index in [4.69, 9.17) is 9.53 Å². The fourth-order valence-corrected chi connectivity index (χ4v) is 2.03. The molecule has 0 unspecified atom stereocenters. The van der Waals surface area contributed by atoms with E-state index in [0.717, 1.165) is 0 Å². The van der Waals surface area contributed by atoms with Crippen LogP contribution in [0.15, 0.2) is 6.20 Å². The summed E-state index contributed by atoms with van der Waals surface area (Å²) in [6.07, 6.45) is 1.61. The van der Waals surface area contributed by atoms with Crippen molar-refractivity contribution in [2.24, 2.45) is 0 Å². The first-order chi connectivity index (χ1) is 8.12. The molecule has 0 aromatic carbocycles. The van der Waals surface area contributed by atoms with E-state index >= 15 is 0 Å². The van der Waals surface area contributed by atoms with Crippen LogP contribution in [0.1, 0.15) is 26.5 Å². The summed E-state index contributed by atoms with van der Waals surface area (Å²) in [7, 11) is -1.80. The van der Waals surface area contributed by atoms with E-state index in [1.165, 1.54) is 4.68 Å². The molecule has 0 saturated heterocycles. The number of aromatic nitrogens is 3. The van der Waals surface area contributed by atoms with Gasteiger partial charge in [0.25, 0.3) is 0 Å². The van der Waals surface area contributed by atoms with Crippen LogP contribution in [0, 0.1) is 0 Å². The molecule has 0 saturated carbocycles. The van der Waals surface area contributed by atoms with E-state index < -0.39 is 14.3 Å². The summed E-state index contributed by atoms with van der Waals surface area (Å²) in [6.45, 7) is 11.0. The first-order valence-corrected chi connectivity index (χ1v) is 8.77. The van der Waals surface area contributed by atoms with Gasteiger partial charge in [-0.05, 0) is 18.1 Å². The van der Waals surface area contributed by atoms with Crippen LogP contribution in [0.5, 0.6) is 0 Å². The normalized spacial score (nSPS) is 12.7. The predicted molar refractivity (Wildman–Crippen MR) is 69.6 cm³/mol. The summed E-state index contributed by atoms with van der Waals surface area (Å²) in [5.41, 5.74) is 0.668.